The summed E-state index contributed by atoms with van der Waals surface area (Å²) in [4.78, 5) is 1.43. The minimum atomic E-state index is 0.401. The van der Waals surface area contributed by atoms with Crippen molar-refractivity contribution < 1.29 is 0 Å². The first kappa shape index (κ1) is 13.1. The first-order valence-corrected chi connectivity index (χ1v) is 8.45. The Labute approximate surface area is 129 Å². The summed E-state index contributed by atoms with van der Waals surface area (Å²) in [5.74, 6) is 0. The summed E-state index contributed by atoms with van der Waals surface area (Å²) >= 11 is 1.91. The van der Waals surface area contributed by atoms with Crippen molar-refractivity contribution in [2.45, 2.75) is 31.8 Å². The first-order chi connectivity index (χ1) is 10.3. The third-order valence-electron chi connectivity index (χ3n) is 4.46. The van der Waals surface area contributed by atoms with Gasteiger partial charge in [0.1, 0.15) is 0 Å². The summed E-state index contributed by atoms with van der Waals surface area (Å²) in [6.07, 6.45) is 2.42. The molecule has 0 saturated heterocycles. The second kappa shape index (κ2) is 5.28. The summed E-state index contributed by atoms with van der Waals surface area (Å²) in [6, 6.07) is 20.7. The number of fused-ring (bicyclic) bond motifs is 2. The summed E-state index contributed by atoms with van der Waals surface area (Å²) in [5.41, 5.74) is 3.00. The van der Waals surface area contributed by atoms with Gasteiger partial charge in [0.05, 0.1) is 0 Å². The average molecular weight is 293 g/mol. The normalized spacial score (nSPS) is 18.8. The van der Waals surface area contributed by atoms with E-state index >= 15 is 0 Å². The fourth-order valence-corrected chi connectivity index (χ4v) is 4.41. The van der Waals surface area contributed by atoms with Crippen LogP contribution in [-0.4, -0.2) is 0 Å². The van der Waals surface area contributed by atoms with E-state index in [0.29, 0.717) is 12.1 Å². The molecule has 0 spiro atoms. The molecular weight excluding hydrogens is 274 g/mol. The van der Waals surface area contributed by atoms with E-state index in [9.17, 15) is 0 Å². The lowest BCUT2D eigenvalue weighted by Crippen LogP contribution is -2.22. The van der Waals surface area contributed by atoms with Crippen LogP contribution >= 0.6 is 11.3 Å². The van der Waals surface area contributed by atoms with Crippen molar-refractivity contribution in [2.75, 3.05) is 0 Å². The van der Waals surface area contributed by atoms with Gasteiger partial charge in [0.25, 0.3) is 0 Å². The predicted octanol–water partition coefficient (Wildman–Crippen LogP) is 5.24. The number of thiophene rings is 1. The summed E-state index contributed by atoms with van der Waals surface area (Å²) in [5, 5.41) is 5.18. The number of rotatable bonds is 3. The highest BCUT2D eigenvalue weighted by atomic mass is 32.1. The topological polar surface area (TPSA) is 12.0 Å². The number of aryl methyl sites for hydroxylation is 1. The van der Waals surface area contributed by atoms with Crippen molar-refractivity contribution in [3.05, 3.63) is 70.6 Å². The highest BCUT2D eigenvalue weighted by molar-refractivity contribution is 7.19. The molecule has 1 aliphatic carbocycles. The monoisotopic (exact) mass is 293 g/mol. The molecule has 2 heteroatoms. The van der Waals surface area contributed by atoms with Gasteiger partial charge in [-0.3, -0.25) is 0 Å². The molecule has 1 heterocycles. The molecular formula is C19H19NS. The highest BCUT2D eigenvalue weighted by Crippen LogP contribution is 2.35. The lowest BCUT2D eigenvalue weighted by molar-refractivity contribution is 0.469. The maximum atomic E-state index is 3.82. The van der Waals surface area contributed by atoms with Crippen molar-refractivity contribution in [3.8, 4) is 0 Å². The number of hydrogen-bond acceptors (Lipinski definition) is 2. The predicted molar refractivity (Wildman–Crippen MR) is 90.9 cm³/mol. The van der Waals surface area contributed by atoms with Gasteiger partial charge < -0.3 is 5.32 Å². The van der Waals surface area contributed by atoms with Gasteiger partial charge in [0.15, 0.2) is 0 Å². The Balaban J connectivity index is 1.57. The molecule has 1 aliphatic rings. The van der Waals surface area contributed by atoms with Gasteiger partial charge in [0.2, 0.25) is 0 Å². The molecule has 4 rings (SSSR count). The fourth-order valence-electron chi connectivity index (χ4n) is 3.33. The minimum Gasteiger partial charge on any atom is -0.303 e. The molecule has 3 aromatic rings. The van der Waals surface area contributed by atoms with Crippen LogP contribution in [0.4, 0.5) is 0 Å². The third kappa shape index (κ3) is 2.39. The van der Waals surface area contributed by atoms with E-state index in [0.717, 1.165) is 0 Å². The molecule has 21 heavy (non-hydrogen) atoms. The van der Waals surface area contributed by atoms with E-state index < -0.39 is 0 Å². The SMILES string of the molecule is CC(NC1CCc2ccccc21)c1cc2ccccc2s1. The van der Waals surface area contributed by atoms with Crippen LogP contribution in [-0.2, 0) is 6.42 Å². The van der Waals surface area contributed by atoms with E-state index in [1.165, 1.54) is 38.9 Å². The molecule has 0 aliphatic heterocycles. The zero-order valence-corrected chi connectivity index (χ0v) is 13.0. The van der Waals surface area contributed by atoms with Crippen LogP contribution in [0.5, 0.6) is 0 Å². The summed E-state index contributed by atoms with van der Waals surface area (Å²) in [6.45, 7) is 2.28. The van der Waals surface area contributed by atoms with Crippen LogP contribution in [0.15, 0.2) is 54.6 Å². The largest absolute Gasteiger partial charge is 0.303 e. The third-order valence-corrected chi connectivity index (χ3v) is 5.75. The molecule has 1 aromatic heterocycles. The maximum Gasteiger partial charge on any atom is 0.0391 e. The van der Waals surface area contributed by atoms with Crippen molar-refractivity contribution >= 4 is 21.4 Å². The van der Waals surface area contributed by atoms with Gasteiger partial charge in [-0.1, -0.05) is 42.5 Å². The van der Waals surface area contributed by atoms with Gasteiger partial charge in [-0.2, -0.15) is 0 Å². The zero-order chi connectivity index (χ0) is 14.2. The van der Waals surface area contributed by atoms with Crippen LogP contribution in [0.2, 0.25) is 0 Å². The van der Waals surface area contributed by atoms with Crippen LogP contribution in [0.3, 0.4) is 0 Å². The molecule has 0 amide bonds. The summed E-state index contributed by atoms with van der Waals surface area (Å²) < 4.78 is 1.38. The Bertz CT molecular complexity index is 741. The van der Waals surface area contributed by atoms with E-state index in [2.05, 4.69) is 66.8 Å². The Morgan fingerprint density at radius 2 is 1.90 bits per heavy atom. The van der Waals surface area contributed by atoms with E-state index in [4.69, 9.17) is 0 Å². The molecule has 1 N–H and O–H groups in total. The second-order valence-electron chi connectivity index (χ2n) is 5.87. The van der Waals surface area contributed by atoms with Crippen LogP contribution in [0, 0.1) is 0 Å². The Morgan fingerprint density at radius 1 is 1.10 bits per heavy atom. The van der Waals surface area contributed by atoms with E-state index in [-0.39, 0.29) is 0 Å². The lowest BCUT2D eigenvalue weighted by Gasteiger charge is -2.19. The lowest BCUT2D eigenvalue weighted by atomic mass is 10.1. The number of benzene rings is 2. The van der Waals surface area contributed by atoms with Gasteiger partial charge in [-0.25, -0.2) is 0 Å². The quantitative estimate of drug-likeness (QED) is 0.696. The van der Waals surface area contributed by atoms with Crippen LogP contribution < -0.4 is 5.32 Å². The second-order valence-corrected chi connectivity index (χ2v) is 6.98. The van der Waals surface area contributed by atoms with Gasteiger partial charge in [-0.15, -0.1) is 11.3 Å². The fraction of sp³-hybridized carbons (Fsp3) is 0.263. The summed E-state index contributed by atoms with van der Waals surface area (Å²) in [7, 11) is 0. The number of hydrogen-bond donors (Lipinski definition) is 1. The maximum absolute atomic E-state index is 3.82. The van der Waals surface area contributed by atoms with Crippen molar-refractivity contribution in [1.82, 2.24) is 5.32 Å². The highest BCUT2D eigenvalue weighted by Gasteiger charge is 2.23. The average Bonchev–Trinajstić information content (AvgIpc) is 3.11. The first-order valence-electron chi connectivity index (χ1n) is 7.63. The van der Waals surface area contributed by atoms with Crippen LogP contribution in [0.25, 0.3) is 10.1 Å². The van der Waals surface area contributed by atoms with Gasteiger partial charge in [0, 0.05) is 21.7 Å². The molecule has 0 saturated carbocycles. The van der Waals surface area contributed by atoms with Crippen LogP contribution in [0.1, 0.15) is 41.4 Å². The Hall–Kier alpha value is -1.64. The Kier molecular flexibility index (Phi) is 3.28. The molecule has 106 valence electrons. The zero-order valence-electron chi connectivity index (χ0n) is 12.2. The number of nitrogens with one attached hydrogen (secondary N) is 1. The standard InChI is InChI=1S/C19H19NS/c1-13(19-12-15-7-3-5-9-18(15)21-19)20-17-11-10-14-6-2-4-8-16(14)17/h2-9,12-13,17,20H,10-11H2,1H3. The van der Waals surface area contributed by atoms with E-state index in [1.807, 2.05) is 11.3 Å². The molecule has 1 nitrogen and oxygen atoms in total. The van der Waals surface area contributed by atoms with Crippen molar-refractivity contribution in [1.29, 1.82) is 0 Å². The molecule has 2 atom stereocenters. The van der Waals surface area contributed by atoms with Crippen molar-refractivity contribution in [2.24, 2.45) is 0 Å². The molecule has 0 radical (unpaired) electrons. The van der Waals surface area contributed by atoms with Gasteiger partial charge in [-0.05, 0) is 48.4 Å². The molecule has 0 fully saturated rings. The molecule has 0 bridgehead atoms. The van der Waals surface area contributed by atoms with Gasteiger partial charge >= 0.3 is 0 Å². The molecule has 2 unspecified atom stereocenters. The van der Waals surface area contributed by atoms with E-state index in [1.54, 1.807) is 0 Å². The smallest absolute Gasteiger partial charge is 0.0391 e. The molecule has 2 aromatic carbocycles. The van der Waals surface area contributed by atoms with Crippen molar-refractivity contribution in [3.63, 3.8) is 0 Å². The Morgan fingerprint density at radius 3 is 2.81 bits per heavy atom. The minimum absolute atomic E-state index is 0.401.